The third kappa shape index (κ3) is 4.91. The Balaban J connectivity index is 1.68. The van der Waals surface area contributed by atoms with Crippen molar-refractivity contribution < 1.29 is 9.59 Å². The number of aromatic nitrogens is 4. The second-order valence-electron chi connectivity index (χ2n) is 6.88. The summed E-state index contributed by atoms with van der Waals surface area (Å²) in [5.74, 6) is -0.944. The molecule has 0 aliphatic carbocycles. The van der Waals surface area contributed by atoms with Crippen LogP contribution in [0.2, 0.25) is 0 Å². The molecular formula is C21H24N6O3S. The van der Waals surface area contributed by atoms with E-state index in [1.165, 1.54) is 16.4 Å². The van der Waals surface area contributed by atoms with Crippen molar-refractivity contribution in [1.82, 2.24) is 30.6 Å². The Hall–Kier alpha value is -3.27. The molecule has 2 heterocycles. The average Bonchev–Trinajstić information content (AvgIpc) is 2.77. The lowest BCUT2D eigenvalue weighted by molar-refractivity contribution is -0.121. The van der Waals surface area contributed by atoms with E-state index < -0.39 is 5.91 Å². The number of benzene rings is 1. The van der Waals surface area contributed by atoms with Gasteiger partial charge in [0.1, 0.15) is 0 Å². The number of aryl methyl sites for hydroxylation is 3. The highest BCUT2D eigenvalue weighted by Gasteiger charge is 2.17. The molecule has 0 bridgehead atoms. The van der Waals surface area contributed by atoms with Gasteiger partial charge in [-0.1, -0.05) is 30.0 Å². The smallest absolute Gasteiger partial charge is 0.273 e. The zero-order valence-electron chi connectivity index (χ0n) is 17.9. The maximum Gasteiger partial charge on any atom is 0.290 e. The van der Waals surface area contributed by atoms with E-state index in [4.69, 9.17) is 0 Å². The highest BCUT2D eigenvalue weighted by molar-refractivity contribution is 7.98. The fourth-order valence-corrected chi connectivity index (χ4v) is 3.72. The number of hydrogen-bond acceptors (Lipinski definition) is 7. The van der Waals surface area contributed by atoms with Gasteiger partial charge in [0, 0.05) is 29.7 Å². The molecule has 2 N–H and O–H groups in total. The quantitative estimate of drug-likeness (QED) is 0.341. The Morgan fingerprint density at radius 1 is 1.06 bits per heavy atom. The van der Waals surface area contributed by atoms with Gasteiger partial charge in [0.05, 0.1) is 5.39 Å². The summed E-state index contributed by atoms with van der Waals surface area (Å²) in [6, 6.07) is 6.76. The van der Waals surface area contributed by atoms with Crippen LogP contribution < -0.4 is 16.4 Å². The normalized spacial score (nSPS) is 10.8. The number of nitrogens with zero attached hydrogens (tertiary/aromatic N) is 4. The number of hydrazine groups is 1. The van der Waals surface area contributed by atoms with Crippen molar-refractivity contribution in [2.75, 3.05) is 6.26 Å². The van der Waals surface area contributed by atoms with Crippen LogP contribution >= 0.6 is 11.8 Å². The highest BCUT2D eigenvalue weighted by atomic mass is 32.2. The van der Waals surface area contributed by atoms with Gasteiger partial charge in [-0.2, -0.15) is 5.10 Å². The molecule has 0 unspecified atom stereocenters. The first kappa shape index (κ1) is 22.4. The van der Waals surface area contributed by atoms with Crippen molar-refractivity contribution in [3.8, 4) is 0 Å². The van der Waals surface area contributed by atoms with Crippen LogP contribution in [0.4, 0.5) is 0 Å². The molecule has 3 rings (SSSR count). The predicted octanol–water partition coefficient (Wildman–Crippen LogP) is 1.94. The molecule has 0 saturated carbocycles. The van der Waals surface area contributed by atoms with E-state index in [-0.39, 0.29) is 23.6 Å². The van der Waals surface area contributed by atoms with Crippen molar-refractivity contribution in [1.29, 1.82) is 0 Å². The van der Waals surface area contributed by atoms with Crippen LogP contribution in [-0.2, 0) is 17.8 Å². The standard InChI is InChI=1S/C21H24N6O3S/c1-5-27-20(30)16-9-7-6-8-15(16)18(26-27)19(29)25-24-17(28)11-10-14-12(2)22-21(31-4)23-13(14)3/h6-9H,5,10-11H2,1-4H3,(H,24,28)(H,25,29). The number of thioether (sulfide) groups is 1. The molecule has 10 heteroatoms. The van der Waals surface area contributed by atoms with Gasteiger partial charge < -0.3 is 0 Å². The Morgan fingerprint density at radius 2 is 1.71 bits per heavy atom. The number of hydrogen-bond donors (Lipinski definition) is 2. The van der Waals surface area contributed by atoms with Crippen molar-refractivity contribution >= 4 is 34.3 Å². The van der Waals surface area contributed by atoms with Gasteiger partial charge in [-0.05, 0) is 45.1 Å². The first-order valence-corrected chi connectivity index (χ1v) is 11.0. The van der Waals surface area contributed by atoms with Crippen LogP contribution in [0.5, 0.6) is 0 Å². The molecule has 0 radical (unpaired) electrons. The molecule has 0 aliphatic rings. The number of rotatable bonds is 6. The second-order valence-corrected chi connectivity index (χ2v) is 7.65. The Kier molecular flexibility index (Phi) is 7.01. The summed E-state index contributed by atoms with van der Waals surface area (Å²) in [4.78, 5) is 46.2. The number of nitrogens with one attached hydrogen (secondary N) is 2. The molecular weight excluding hydrogens is 416 g/mol. The summed E-state index contributed by atoms with van der Waals surface area (Å²) in [5, 5.41) is 5.68. The van der Waals surface area contributed by atoms with E-state index >= 15 is 0 Å². The van der Waals surface area contributed by atoms with E-state index in [2.05, 4.69) is 25.9 Å². The maximum atomic E-state index is 12.7. The summed E-state index contributed by atoms with van der Waals surface area (Å²) >= 11 is 1.47. The Labute approximate surface area is 183 Å². The zero-order valence-corrected chi connectivity index (χ0v) is 18.7. The zero-order chi connectivity index (χ0) is 22.5. The van der Waals surface area contributed by atoms with Crippen LogP contribution in [0.1, 0.15) is 40.8 Å². The van der Waals surface area contributed by atoms with Gasteiger partial charge in [0.25, 0.3) is 11.5 Å². The average molecular weight is 441 g/mol. The first-order valence-electron chi connectivity index (χ1n) is 9.82. The molecule has 9 nitrogen and oxygen atoms in total. The molecule has 0 spiro atoms. The first-order chi connectivity index (χ1) is 14.8. The van der Waals surface area contributed by atoms with Crippen LogP contribution in [-0.4, -0.2) is 37.8 Å². The summed E-state index contributed by atoms with van der Waals surface area (Å²) in [6.07, 6.45) is 2.52. The largest absolute Gasteiger partial charge is 0.290 e. The molecule has 2 amide bonds. The number of carbonyl (C=O) groups is 2. The minimum atomic E-state index is -0.591. The Morgan fingerprint density at radius 3 is 2.32 bits per heavy atom. The fraction of sp³-hybridized carbons (Fsp3) is 0.333. The summed E-state index contributed by atoms with van der Waals surface area (Å²) in [5.41, 5.74) is 7.22. The number of carbonyl (C=O) groups excluding carboxylic acids is 2. The van der Waals surface area contributed by atoms with Crippen molar-refractivity contribution in [3.05, 3.63) is 57.3 Å². The SMILES string of the molecule is CCn1nc(C(=O)NNC(=O)CCc2c(C)nc(SC)nc2C)c2ccccc2c1=O. The molecule has 1 aromatic carbocycles. The lowest BCUT2D eigenvalue weighted by Gasteiger charge is -2.12. The summed E-state index contributed by atoms with van der Waals surface area (Å²) < 4.78 is 1.23. The predicted molar refractivity (Wildman–Crippen MR) is 119 cm³/mol. The molecule has 162 valence electrons. The van der Waals surface area contributed by atoms with Gasteiger partial charge in [-0.15, -0.1) is 0 Å². The van der Waals surface area contributed by atoms with Crippen LogP contribution in [0, 0.1) is 13.8 Å². The summed E-state index contributed by atoms with van der Waals surface area (Å²) in [7, 11) is 0. The lowest BCUT2D eigenvalue weighted by Crippen LogP contribution is -2.43. The topological polar surface area (TPSA) is 119 Å². The molecule has 0 saturated heterocycles. The molecule has 0 aliphatic heterocycles. The van der Waals surface area contributed by atoms with E-state index in [0.717, 1.165) is 17.0 Å². The van der Waals surface area contributed by atoms with E-state index in [0.29, 0.717) is 28.9 Å². The van der Waals surface area contributed by atoms with Gasteiger partial charge in [-0.25, -0.2) is 14.6 Å². The maximum absolute atomic E-state index is 12.7. The van der Waals surface area contributed by atoms with Gasteiger partial charge in [0.15, 0.2) is 10.9 Å². The van der Waals surface area contributed by atoms with E-state index in [1.807, 2.05) is 20.1 Å². The van der Waals surface area contributed by atoms with E-state index in [9.17, 15) is 14.4 Å². The highest BCUT2D eigenvalue weighted by Crippen LogP contribution is 2.17. The number of fused-ring (bicyclic) bond motifs is 1. The lowest BCUT2D eigenvalue weighted by atomic mass is 10.1. The van der Waals surface area contributed by atoms with Crippen LogP contribution in [0.3, 0.4) is 0 Å². The molecule has 31 heavy (non-hydrogen) atoms. The molecule has 3 aromatic rings. The van der Waals surface area contributed by atoms with Crippen LogP contribution in [0.25, 0.3) is 10.8 Å². The third-order valence-electron chi connectivity index (χ3n) is 4.88. The number of amides is 2. The summed E-state index contributed by atoms with van der Waals surface area (Å²) in [6.45, 7) is 5.88. The van der Waals surface area contributed by atoms with Crippen molar-refractivity contribution in [2.45, 2.75) is 45.3 Å². The molecule has 0 atom stereocenters. The van der Waals surface area contributed by atoms with Gasteiger partial charge >= 0.3 is 0 Å². The van der Waals surface area contributed by atoms with Gasteiger partial charge in [0.2, 0.25) is 5.91 Å². The van der Waals surface area contributed by atoms with Crippen molar-refractivity contribution in [2.24, 2.45) is 0 Å². The fourth-order valence-electron chi connectivity index (χ4n) is 3.27. The molecule has 2 aromatic heterocycles. The van der Waals surface area contributed by atoms with E-state index in [1.54, 1.807) is 31.2 Å². The van der Waals surface area contributed by atoms with Crippen LogP contribution in [0.15, 0.2) is 34.2 Å². The monoisotopic (exact) mass is 440 g/mol. The minimum Gasteiger partial charge on any atom is -0.273 e. The molecule has 0 fully saturated rings. The van der Waals surface area contributed by atoms with Crippen molar-refractivity contribution in [3.63, 3.8) is 0 Å². The van der Waals surface area contributed by atoms with Gasteiger partial charge in [-0.3, -0.25) is 25.2 Å². The third-order valence-corrected chi connectivity index (χ3v) is 5.43. The minimum absolute atomic E-state index is 0.0742. The Bertz CT molecular complexity index is 1180. The second kappa shape index (κ2) is 9.69.